The lowest BCUT2D eigenvalue weighted by molar-refractivity contribution is 0.318. The third kappa shape index (κ3) is 2.62. The number of aryl methyl sites for hydroxylation is 1. The second-order valence-corrected chi connectivity index (χ2v) is 4.09. The van der Waals surface area contributed by atoms with Crippen LogP contribution in [-0.4, -0.2) is 28.1 Å². The van der Waals surface area contributed by atoms with Crippen LogP contribution >= 0.6 is 0 Å². The molecule has 0 aliphatic rings. The molecule has 0 aliphatic heterocycles. The van der Waals surface area contributed by atoms with Gasteiger partial charge in [0.1, 0.15) is 5.69 Å². The number of aromatic nitrogens is 2. The van der Waals surface area contributed by atoms with Crippen molar-refractivity contribution in [3.63, 3.8) is 0 Å². The van der Waals surface area contributed by atoms with Crippen LogP contribution in [0.1, 0.15) is 11.3 Å². The molecule has 1 aromatic carbocycles. The van der Waals surface area contributed by atoms with Crippen LogP contribution in [0.15, 0.2) is 41.8 Å². The summed E-state index contributed by atoms with van der Waals surface area (Å²) in [5, 5.41) is 11.4. The Hall–Kier alpha value is -2.63. The molecular weight excluding hydrogens is 242 g/mol. The summed E-state index contributed by atoms with van der Waals surface area (Å²) in [6, 6.07) is 8.00. The number of hydrogen-bond acceptors (Lipinski definition) is 5. The van der Waals surface area contributed by atoms with Crippen LogP contribution in [0.2, 0.25) is 0 Å². The molecule has 0 spiro atoms. The first-order valence-corrected chi connectivity index (χ1v) is 5.73. The van der Waals surface area contributed by atoms with Gasteiger partial charge in [0, 0.05) is 12.7 Å². The van der Waals surface area contributed by atoms with Crippen molar-refractivity contribution in [2.24, 2.45) is 10.9 Å². The summed E-state index contributed by atoms with van der Waals surface area (Å²) in [5.41, 5.74) is 7.97. The summed E-state index contributed by atoms with van der Waals surface area (Å²) in [5.74, 6) is 0.626. The SMILES string of the molecule is Cc1ccccc1N(C)c1cnc(C(N)=NO)cn1. The number of anilines is 2. The van der Waals surface area contributed by atoms with Crippen molar-refractivity contribution in [2.45, 2.75) is 6.92 Å². The maximum atomic E-state index is 8.57. The maximum Gasteiger partial charge on any atom is 0.190 e. The summed E-state index contributed by atoms with van der Waals surface area (Å²) >= 11 is 0. The molecule has 98 valence electrons. The van der Waals surface area contributed by atoms with Crippen molar-refractivity contribution in [2.75, 3.05) is 11.9 Å². The summed E-state index contributed by atoms with van der Waals surface area (Å²) in [6.45, 7) is 2.03. The molecule has 1 aromatic heterocycles. The summed E-state index contributed by atoms with van der Waals surface area (Å²) in [7, 11) is 1.91. The zero-order chi connectivity index (χ0) is 13.8. The van der Waals surface area contributed by atoms with Crippen molar-refractivity contribution < 1.29 is 5.21 Å². The van der Waals surface area contributed by atoms with Gasteiger partial charge in [-0.3, -0.25) is 0 Å². The maximum absolute atomic E-state index is 8.57. The molecule has 2 rings (SSSR count). The van der Waals surface area contributed by atoms with Crippen LogP contribution in [0.25, 0.3) is 0 Å². The highest BCUT2D eigenvalue weighted by atomic mass is 16.4. The van der Waals surface area contributed by atoms with E-state index in [4.69, 9.17) is 10.9 Å². The van der Waals surface area contributed by atoms with Crippen LogP contribution in [0.3, 0.4) is 0 Å². The van der Waals surface area contributed by atoms with Gasteiger partial charge in [-0.15, -0.1) is 0 Å². The van der Waals surface area contributed by atoms with Crippen molar-refractivity contribution in [1.29, 1.82) is 0 Å². The largest absolute Gasteiger partial charge is 0.409 e. The van der Waals surface area contributed by atoms with Gasteiger partial charge in [-0.2, -0.15) is 0 Å². The molecule has 6 nitrogen and oxygen atoms in total. The lowest BCUT2D eigenvalue weighted by Crippen LogP contribution is -2.17. The van der Waals surface area contributed by atoms with Gasteiger partial charge < -0.3 is 15.8 Å². The van der Waals surface area contributed by atoms with Gasteiger partial charge in [0.05, 0.1) is 12.4 Å². The number of rotatable bonds is 3. The van der Waals surface area contributed by atoms with Crippen molar-refractivity contribution in [3.05, 3.63) is 47.9 Å². The number of nitrogens with two attached hydrogens (primary N) is 1. The Morgan fingerprint density at radius 2 is 2.00 bits per heavy atom. The van der Waals surface area contributed by atoms with E-state index in [-0.39, 0.29) is 5.84 Å². The summed E-state index contributed by atoms with van der Waals surface area (Å²) in [4.78, 5) is 10.3. The lowest BCUT2D eigenvalue weighted by Gasteiger charge is -2.20. The number of oxime groups is 1. The predicted molar refractivity (Wildman–Crippen MR) is 73.8 cm³/mol. The highest BCUT2D eigenvalue weighted by Gasteiger charge is 2.09. The number of amidine groups is 1. The van der Waals surface area contributed by atoms with Crippen LogP contribution < -0.4 is 10.6 Å². The first kappa shape index (κ1) is 12.8. The van der Waals surface area contributed by atoms with E-state index < -0.39 is 0 Å². The number of benzene rings is 1. The van der Waals surface area contributed by atoms with E-state index in [9.17, 15) is 0 Å². The number of hydrogen-bond donors (Lipinski definition) is 2. The van der Waals surface area contributed by atoms with Crippen LogP contribution in [-0.2, 0) is 0 Å². The van der Waals surface area contributed by atoms with Crippen molar-refractivity contribution >= 4 is 17.3 Å². The third-order valence-corrected chi connectivity index (χ3v) is 2.83. The van der Waals surface area contributed by atoms with Gasteiger partial charge in [-0.1, -0.05) is 23.4 Å². The van der Waals surface area contributed by atoms with Crippen LogP contribution in [0.4, 0.5) is 11.5 Å². The zero-order valence-corrected chi connectivity index (χ0v) is 10.8. The Labute approximate surface area is 111 Å². The first-order chi connectivity index (χ1) is 9.13. The fourth-order valence-electron chi connectivity index (χ4n) is 1.74. The van der Waals surface area contributed by atoms with Gasteiger partial charge >= 0.3 is 0 Å². The molecule has 0 radical (unpaired) electrons. The molecular formula is C13H15N5O. The van der Waals surface area contributed by atoms with Crippen molar-refractivity contribution in [1.82, 2.24) is 9.97 Å². The molecule has 1 heterocycles. The van der Waals surface area contributed by atoms with Gasteiger partial charge in [0.2, 0.25) is 0 Å². The Bertz CT molecular complexity index is 594. The minimum atomic E-state index is -0.0578. The standard InChI is InChI=1S/C13H15N5O/c1-9-5-3-4-6-11(9)18(2)12-8-15-10(7-16-12)13(14)17-19/h3-8,19H,1-2H3,(H2,14,17). The molecule has 0 aliphatic carbocycles. The van der Waals surface area contributed by atoms with E-state index in [2.05, 4.69) is 15.1 Å². The molecule has 19 heavy (non-hydrogen) atoms. The smallest absolute Gasteiger partial charge is 0.190 e. The topological polar surface area (TPSA) is 87.6 Å². The number of nitrogens with zero attached hydrogens (tertiary/aromatic N) is 4. The third-order valence-electron chi connectivity index (χ3n) is 2.83. The molecule has 6 heteroatoms. The number of para-hydroxylation sites is 1. The average Bonchev–Trinajstić information content (AvgIpc) is 2.46. The minimum absolute atomic E-state index is 0.0578. The highest BCUT2D eigenvalue weighted by Crippen LogP contribution is 2.24. The molecule has 0 saturated carbocycles. The predicted octanol–water partition coefficient (Wildman–Crippen LogP) is 1.65. The second-order valence-electron chi connectivity index (χ2n) is 4.09. The molecule has 0 amide bonds. The molecule has 0 bridgehead atoms. The molecule has 0 unspecified atom stereocenters. The molecule has 0 atom stereocenters. The Kier molecular flexibility index (Phi) is 3.61. The Morgan fingerprint density at radius 3 is 2.58 bits per heavy atom. The molecule has 2 aromatic rings. The van der Waals surface area contributed by atoms with Gasteiger partial charge in [-0.25, -0.2) is 9.97 Å². The van der Waals surface area contributed by atoms with Gasteiger partial charge in [0.25, 0.3) is 0 Å². The summed E-state index contributed by atoms with van der Waals surface area (Å²) < 4.78 is 0. The first-order valence-electron chi connectivity index (χ1n) is 5.73. The molecule has 0 saturated heterocycles. The van der Waals surface area contributed by atoms with Crippen LogP contribution in [0, 0.1) is 6.92 Å². The fourth-order valence-corrected chi connectivity index (χ4v) is 1.74. The Morgan fingerprint density at radius 1 is 1.26 bits per heavy atom. The fraction of sp³-hybridized carbons (Fsp3) is 0.154. The Balaban J connectivity index is 2.30. The van der Waals surface area contributed by atoms with Crippen molar-refractivity contribution in [3.8, 4) is 0 Å². The second kappa shape index (κ2) is 5.34. The monoisotopic (exact) mass is 257 g/mol. The average molecular weight is 257 g/mol. The van der Waals surface area contributed by atoms with E-state index >= 15 is 0 Å². The van der Waals surface area contributed by atoms with E-state index in [0.29, 0.717) is 11.5 Å². The quantitative estimate of drug-likeness (QED) is 0.378. The van der Waals surface area contributed by atoms with Gasteiger partial charge in [-0.05, 0) is 18.6 Å². The zero-order valence-electron chi connectivity index (χ0n) is 10.8. The lowest BCUT2D eigenvalue weighted by atomic mass is 10.2. The van der Waals surface area contributed by atoms with Gasteiger partial charge in [0.15, 0.2) is 11.7 Å². The van der Waals surface area contributed by atoms with E-state index in [1.165, 1.54) is 6.20 Å². The summed E-state index contributed by atoms with van der Waals surface area (Å²) in [6.07, 6.45) is 3.05. The highest BCUT2D eigenvalue weighted by molar-refractivity contribution is 5.94. The molecule has 0 fully saturated rings. The van der Waals surface area contributed by atoms with E-state index in [1.807, 2.05) is 43.1 Å². The van der Waals surface area contributed by atoms with Crippen LogP contribution in [0.5, 0.6) is 0 Å². The molecule has 3 N–H and O–H groups in total. The normalized spacial score (nSPS) is 11.4. The van der Waals surface area contributed by atoms with E-state index in [1.54, 1.807) is 6.20 Å². The minimum Gasteiger partial charge on any atom is -0.409 e. The van der Waals surface area contributed by atoms with E-state index in [0.717, 1.165) is 11.3 Å².